The Morgan fingerprint density at radius 1 is 1.42 bits per heavy atom. The molecule has 0 aliphatic carbocycles. The second kappa shape index (κ2) is 2.64. The molecule has 0 bridgehead atoms. The van der Waals surface area contributed by atoms with Crippen LogP contribution in [0.2, 0.25) is 5.02 Å². The van der Waals surface area contributed by atoms with Gasteiger partial charge in [0.05, 0.1) is 11.5 Å². The van der Waals surface area contributed by atoms with E-state index in [0.717, 1.165) is 0 Å². The quantitative estimate of drug-likeness (QED) is 0.621. The summed E-state index contributed by atoms with van der Waals surface area (Å²) in [5.74, 6) is 0. The molecule has 2 rings (SSSR count). The third-order valence-electron chi connectivity index (χ3n) is 1.56. The highest BCUT2D eigenvalue weighted by Gasteiger charge is 1.99. The Kier molecular flexibility index (Phi) is 1.62. The van der Waals surface area contributed by atoms with Crippen molar-refractivity contribution < 1.29 is 4.42 Å². The molecule has 0 aliphatic rings. The maximum absolute atomic E-state index is 11.1. The summed E-state index contributed by atoms with van der Waals surface area (Å²) in [6, 6.07) is 7.30. The minimum absolute atomic E-state index is 0.173. The molecule has 1 heterocycles. The molecule has 2 nitrogen and oxygen atoms in total. The van der Waals surface area contributed by atoms with E-state index in [-0.39, 0.29) is 5.43 Å². The summed E-state index contributed by atoms with van der Waals surface area (Å²) < 4.78 is 5.03. The third kappa shape index (κ3) is 1.10. The van der Waals surface area contributed by atoms with Crippen LogP contribution >= 0.6 is 11.6 Å². The van der Waals surface area contributed by atoms with E-state index in [0.29, 0.717) is 16.0 Å². The van der Waals surface area contributed by atoms with E-state index in [1.54, 1.807) is 18.2 Å². The topological polar surface area (TPSA) is 30.2 Å². The summed E-state index contributed by atoms with van der Waals surface area (Å²) in [5.41, 5.74) is 0.319. The molecule has 12 heavy (non-hydrogen) atoms. The van der Waals surface area contributed by atoms with Gasteiger partial charge in [-0.2, -0.15) is 0 Å². The molecule has 0 fully saturated rings. The largest absolute Gasteiger partial charge is 0.463 e. The Labute approximate surface area is 73.4 Å². The molecule has 0 amide bonds. The highest BCUT2D eigenvalue weighted by atomic mass is 35.5. The fourth-order valence-corrected chi connectivity index (χ4v) is 1.17. The predicted octanol–water partition coefficient (Wildman–Crippen LogP) is 2.25. The molecule has 0 spiro atoms. The first-order chi connectivity index (χ1) is 5.77. The molecule has 0 saturated heterocycles. The summed E-state index contributed by atoms with van der Waals surface area (Å²) in [7, 11) is 0. The average Bonchev–Trinajstić information content (AvgIpc) is 2.04. The molecule has 2 aromatic rings. The number of benzene rings is 1. The second-order valence-electron chi connectivity index (χ2n) is 2.35. The SMILES string of the molecule is O=c1[c]coc2cc(Cl)ccc12. The molecular weight excluding hydrogens is 176 g/mol. The number of hydrogen-bond acceptors (Lipinski definition) is 2. The normalized spacial score (nSPS) is 10.4. The molecule has 1 aromatic carbocycles. The lowest BCUT2D eigenvalue weighted by atomic mass is 10.2. The third-order valence-corrected chi connectivity index (χ3v) is 1.80. The van der Waals surface area contributed by atoms with Gasteiger partial charge in [-0.25, -0.2) is 0 Å². The van der Waals surface area contributed by atoms with Gasteiger partial charge in [0, 0.05) is 11.1 Å². The minimum Gasteiger partial charge on any atom is -0.463 e. The Bertz CT molecular complexity index is 473. The summed E-state index contributed by atoms with van der Waals surface area (Å²) in [6.07, 6.45) is 1.24. The van der Waals surface area contributed by atoms with Gasteiger partial charge >= 0.3 is 0 Å². The van der Waals surface area contributed by atoms with Gasteiger partial charge < -0.3 is 4.42 Å². The van der Waals surface area contributed by atoms with E-state index in [9.17, 15) is 4.79 Å². The zero-order valence-electron chi connectivity index (χ0n) is 6.00. The molecule has 0 saturated carbocycles. The van der Waals surface area contributed by atoms with E-state index in [1.807, 2.05) is 0 Å². The predicted molar refractivity (Wildman–Crippen MR) is 46.3 cm³/mol. The van der Waals surface area contributed by atoms with Crippen molar-refractivity contribution in [2.45, 2.75) is 0 Å². The molecule has 59 valence electrons. The van der Waals surface area contributed by atoms with Crippen LogP contribution in [0.25, 0.3) is 11.0 Å². The fourth-order valence-electron chi connectivity index (χ4n) is 1.01. The van der Waals surface area contributed by atoms with E-state index in [4.69, 9.17) is 16.0 Å². The van der Waals surface area contributed by atoms with Crippen molar-refractivity contribution in [1.82, 2.24) is 0 Å². The van der Waals surface area contributed by atoms with Gasteiger partial charge in [0.1, 0.15) is 11.8 Å². The van der Waals surface area contributed by atoms with Crippen molar-refractivity contribution >= 4 is 22.6 Å². The first-order valence-corrected chi connectivity index (χ1v) is 3.74. The van der Waals surface area contributed by atoms with Crippen molar-refractivity contribution in [2.24, 2.45) is 0 Å². The lowest BCUT2D eigenvalue weighted by Gasteiger charge is -1.93. The summed E-state index contributed by atoms with van der Waals surface area (Å²) in [4.78, 5) is 11.1. The van der Waals surface area contributed by atoms with Gasteiger partial charge in [0.15, 0.2) is 0 Å². The van der Waals surface area contributed by atoms with Gasteiger partial charge in [-0.1, -0.05) is 11.6 Å². The van der Waals surface area contributed by atoms with E-state index in [1.165, 1.54) is 6.26 Å². The molecule has 0 aliphatic heterocycles. The van der Waals surface area contributed by atoms with Gasteiger partial charge in [0.25, 0.3) is 0 Å². The van der Waals surface area contributed by atoms with Crippen LogP contribution in [-0.2, 0) is 0 Å². The average molecular weight is 180 g/mol. The molecule has 3 heteroatoms. The first-order valence-electron chi connectivity index (χ1n) is 3.36. The van der Waals surface area contributed by atoms with Gasteiger partial charge in [-0.3, -0.25) is 4.79 Å². The number of rotatable bonds is 0. The maximum atomic E-state index is 11.1. The van der Waals surface area contributed by atoms with Crippen molar-refractivity contribution in [3.05, 3.63) is 45.8 Å². The second-order valence-corrected chi connectivity index (χ2v) is 2.79. The van der Waals surface area contributed by atoms with Crippen molar-refractivity contribution in [1.29, 1.82) is 0 Å². The van der Waals surface area contributed by atoms with Crippen LogP contribution in [0.15, 0.2) is 33.7 Å². The van der Waals surface area contributed by atoms with Gasteiger partial charge in [-0.15, -0.1) is 0 Å². The standard InChI is InChI=1S/C9H4ClO2/c10-6-1-2-7-8(11)3-4-12-9(7)5-6/h1-2,4-5H. The fraction of sp³-hybridized carbons (Fsp3) is 0. The lowest BCUT2D eigenvalue weighted by molar-refractivity contribution is 0.601. The van der Waals surface area contributed by atoms with E-state index >= 15 is 0 Å². The van der Waals surface area contributed by atoms with Crippen LogP contribution in [0.4, 0.5) is 0 Å². The Hall–Kier alpha value is -1.28. The van der Waals surface area contributed by atoms with E-state index in [2.05, 4.69) is 6.07 Å². The lowest BCUT2D eigenvalue weighted by Crippen LogP contribution is -1.97. The van der Waals surface area contributed by atoms with Crippen molar-refractivity contribution in [2.75, 3.05) is 0 Å². The molecule has 1 aromatic heterocycles. The molecule has 1 radical (unpaired) electrons. The van der Waals surface area contributed by atoms with Crippen LogP contribution in [0.3, 0.4) is 0 Å². The monoisotopic (exact) mass is 179 g/mol. The Morgan fingerprint density at radius 2 is 2.25 bits per heavy atom. The molecule has 0 N–H and O–H groups in total. The minimum atomic E-state index is -0.173. The zero-order chi connectivity index (χ0) is 8.55. The highest BCUT2D eigenvalue weighted by Crippen LogP contribution is 2.15. The van der Waals surface area contributed by atoms with Crippen molar-refractivity contribution in [3.8, 4) is 0 Å². The van der Waals surface area contributed by atoms with Crippen LogP contribution in [-0.4, -0.2) is 0 Å². The van der Waals surface area contributed by atoms with Crippen LogP contribution in [0.1, 0.15) is 0 Å². The summed E-state index contributed by atoms with van der Waals surface area (Å²) in [5, 5.41) is 1.05. The number of fused-ring (bicyclic) bond motifs is 1. The Balaban J connectivity index is 2.96. The first kappa shape index (κ1) is 7.37. The van der Waals surface area contributed by atoms with Crippen LogP contribution in [0.5, 0.6) is 0 Å². The van der Waals surface area contributed by atoms with Crippen molar-refractivity contribution in [3.63, 3.8) is 0 Å². The maximum Gasteiger partial charge on any atom is 0.200 e. The molecule has 0 unspecified atom stereocenters. The molecule has 0 atom stereocenters. The van der Waals surface area contributed by atoms with Gasteiger partial charge in [0.2, 0.25) is 5.43 Å². The smallest absolute Gasteiger partial charge is 0.200 e. The highest BCUT2D eigenvalue weighted by molar-refractivity contribution is 6.31. The van der Waals surface area contributed by atoms with E-state index < -0.39 is 0 Å². The van der Waals surface area contributed by atoms with Crippen LogP contribution in [0, 0.1) is 6.07 Å². The number of halogens is 1. The molecular formula is C9H4ClO2. The summed E-state index contributed by atoms with van der Waals surface area (Å²) in [6.45, 7) is 0. The van der Waals surface area contributed by atoms with Gasteiger partial charge in [-0.05, 0) is 12.1 Å². The van der Waals surface area contributed by atoms with Crippen LogP contribution < -0.4 is 5.43 Å². The Morgan fingerprint density at radius 3 is 3.08 bits per heavy atom. The summed E-state index contributed by atoms with van der Waals surface area (Å²) >= 11 is 5.70. The number of hydrogen-bond donors (Lipinski definition) is 0. The zero-order valence-corrected chi connectivity index (χ0v) is 6.76.